The summed E-state index contributed by atoms with van der Waals surface area (Å²) in [5.41, 5.74) is -0.0310. The van der Waals surface area contributed by atoms with Crippen LogP contribution in [0.2, 0.25) is 0 Å². The predicted octanol–water partition coefficient (Wildman–Crippen LogP) is 3.99. The summed E-state index contributed by atoms with van der Waals surface area (Å²) in [7, 11) is 0. The van der Waals surface area contributed by atoms with Gasteiger partial charge in [0, 0.05) is 6.42 Å². The van der Waals surface area contributed by atoms with Crippen LogP contribution in [0.15, 0.2) is 36.4 Å². The topological polar surface area (TPSA) is 17.1 Å². The van der Waals surface area contributed by atoms with Crippen LogP contribution in [0.1, 0.15) is 18.1 Å². The standard InChI is InChI=1S/C14H11F3O/c1-9(18)8-10-4-2-6-12-11(10)5-3-7-13(12)14(15,16)17/h2-7H,8H2,1H3. The highest BCUT2D eigenvalue weighted by atomic mass is 19.4. The Morgan fingerprint density at radius 1 is 1.06 bits per heavy atom. The summed E-state index contributed by atoms with van der Waals surface area (Å²) >= 11 is 0. The zero-order valence-electron chi connectivity index (χ0n) is 9.71. The molecule has 0 aliphatic heterocycles. The summed E-state index contributed by atoms with van der Waals surface area (Å²) in [6.45, 7) is 1.42. The summed E-state index contributed by atoms with van der Waals surface area (Å²) in [5, 5.41) is 0.631. The lowest BCUT2D eigenvalue weighted by Gasteiger charge is -2.12. The lowest BCUT2D eigenvalue weighted by atomic mass is 9.97. The van der Waals surface area contributed by atoms with E-state index >= 15 is 0 Å². The Kier molecular flexibility index (Phi) is 3.11. The molecule has 18 heavy (non-hydrogen) atoms. The van der Waals surface area contributed by atoms with Gasteiger partial charge in [0.25, 0.3) is 0 Å². The van der Waals surface area contributed by atoms with Crippen LogP contribution in [-0.2, 0) is 17.4 Å². The number of hydrogen-bond acceptors (Lipinski definition) is 1. The molecular weight excluding hydrogens is 241 g/mol. The fraction of sp³-hybridized carbons (Fsp3) is 0.214. The van der Waals surface area contributed by atoms with Gasteiger partial charge in [0.1, 0.15) is 5.78 Å². The van der Waals surface area contributed by atoms with E-state index in [1.807, 2.05) is 0 Å². The van der Waals surface area contributed by atoms with Crippen molar-refractivity contribution in [1.82, 2.24) is 0 Å². The van der Waals surface area contributed by atoms with E-state index < -0.39 is 11.7 Å². The second-order valence-electron chi connectivity index (χ2n) is 4.19. The lowest BCUT2D eigenvalue weighted by molar-refractivity contribution is -0.136. The fourth-order valence-corrected chi connectivity index (χ4v) is 2.04. The van der Waals surface area contributed by atoms with Crippen molar-refractivity contribution in [3.05, 3.63) is 47.5 Å². The first kappa shape index (κ1) is 12.6. The first-order valence-electron chi connectivity index (χ1n) is 5.47. The van der Waals surface area contributed by atoms with Gasteiger partial charge < -0.3 is 0 Å². The van der Waals surface area contributed by atoms with Crippen LogP contribution in [0.3, 0.4) is 0 Å². The molecule has 1 nitrogen and oxygen atoms in total. The molecule has 0 aliphatic rings. The van der Waals surface area contributed by atoms with Gasteiger partial charge in [-0.2, -0.15) is 13.2 Å². The zero-order chi connectivity index (χ0) is 13.3. The fourth-order valence-electron chi connectivity index (χ4n) is 2.04. The Bertz CT molecular complexity index is 600. The van der Waals surface area contributed by atoms with Crippen LogP contribution in [0.4, 0.5) is 13.2 Å². The number of alkyl halides is 3. The molecule has 0 amide bonds. The largest absolute Gasteiger partial charge is 0.417 e. The van der Waals surface area contributed by atoms with Gasteiger partial charge in [-0.3, -0.25) is 4.79 Å². The second kappa shape index (κ2) is 4.44. The van der Waals surface area contributed by atoms with E-state index in [0.717, 1.165) is 6.07 Å². The lowest BCUT2D eigenvalue weighted by Crippen LogP contribution is -2.06. The number of hydrogen-bond donors (Lipinski definition) is 0. The third-order valence-electron chi connectivity index (χ3n) is 2.76. The Hall–Kier alpha value is -1.84. The number of benzene rings is 2. The highest BCUT2D eigenvalue weighted by Crippen LogP contribution is 2.35. The summed E-state index contributed by atoms with van der Waals surface area (Å²) in [5.74, 6) is -0.0695. The van der Waals surface area contributed by atoms with Crippen molar-refractivity contribution in [1.29, 1.82) is 0 Å². The van der Waals surface area contributed by atoms with Gasteiger partial charge in [-0.15, -0.1) is 0 Å². The highest BCUT2D eigenvalue weighted by Gasteiger charge is 2.32. The molecule has 0 fully saturated rings. The molecule has 0 atom stereocenters. The van der Waals surface area contributed by atoms with Crippen molar-refractivity contribution in [2.24, 2.45) is 0 Å². The Morgan fingerprint density at radius 3 is 2.28 bits per heavy atom. The van der Waals surface area contributed by atoms with Crippen molar-refractivity contribution in [3.63, 3.8) is 0 Å². The minimum Gasteiger partial charge on any atom is -0.300 e. The number of halogens is 3. The van der Waals surface area contributed by atoms with Crippen LogP contribution in [0.5, 0.6) is 0 Å². The average Bonchev–Trinajstić information content (AvgIpc) is 2.26. The summed E-state index contributed by atoms with van der Waals surface area (Å²) in [6.07, 6.45) is -4.23. The molecule has 0 saturated heterocycles. The van der Waals surface area contributed by atoms with E-state index in [2.05, 4.69) is 0 Å². The molecule has 0 aliphatic carbocycles. The maximum Gasteiger partial charge on any atom is 0.417 e. The maximum atomic E-state index is 12.8. The minimum absolute atomic E-state index is 0.0695. The number of Topliss-reactive ketones (excluding diaryl/α,β-unsaturated/α-hetero) is 1. The van der Waals surface area contributed by atoms with Gasteiger partial charge in [-0.25, -0.2) is 0 Å². The van der Waals surface area contributed by atoms with E-state index in [1.165, 1.54) is 19.1 Å². The molecule has 0 radical (unpaired) electrons. The molecule has 2 aromatic carbocycles. The molecule has 0 bridgehead atoms. The Balaban J connectivity index is 2.69. The van der Waals surface area contributed by atoms with Crippen molar-refractivity contribution in [2.75, 3.05) is 0 Å². The Morgan fingerprint density at radius 2 is 1.67 bits per heavy atom. The highest BCUT2D eigenvalue weighted by molar-refractivity contribution is 5.92. The van der Waals surface area contributed by atoms with Crippen molar-refractivity contribution < 1.29 is 18.0 Å². The van der Waals surface area contributed by atoms with Crippen LogP contribution in [0.25, 0.3) is 10.8 Å². The molecule has 0 heterocycles. The molecule has 4 heteroatoms. The van der Waals surface area contributed by atoms with Gasteiger partial charge >= 0.3 is 6.18 Å². The summed E-state index contributed by atoms with van der Waals surface area (Å²) in [4.78, 5) is 11.1. The molecule has 0 aromatic heterocycles. The number of rotatable bonds is 2. The molecule has 94 valence electrons. The number of fused-ring (bicyclic) bond motifs is 1. The molecule has 0 spiro atoms. The summed E-state index contributed by atoms with van der Waals surface area (Å²) < 4.78 is 38.5. The number of carbonyl (C=O) groups is 1. The predicted molar refractivity (Wildman–Crippen MR) is 63.3 cm³/mol. The number of carbonyl (C=O) groups excluding carboxylic acids is 1. The first-order valence-corrected chi connectivity index (χ1v) is 5.47. The average molecular weight is 252 g/mol. The monoisotopic (exact) mass is 252 g/mol. The van der Waals surface area contributed by atoms with E-state index in [1.54, 1.807) is 18.2 Å². The molecule has 0 saturated carbocycles. The minimum atomic E-state index is -4.38. The SMILES string of the molecule is CC(=O)Cc1cccc2c(C(F)(F)F)cccc12. The third kappa shape index (κ3) is 2.37. The normalized spacial score (nSPS) is 11.8. The van der Waals surface area contributed by atoms with Crippen LogP contribution < -0.4 is 0 Å². The van der Waals surface area contributed by atoms with E-state index in [0.29, 0.717) is 10.9 Å². The Labute approximate surface area is 102 Å². The molecule has 2 aromatic rings. The maximum absolute atomic E-state index is 12.8. The molecule has 0 unspecified atom stereocenters. The van der Waals surface area contributed by atoms with Crippen LogP contribution >= 0.6 is 0 Å². The molecule has 2 rings (SSSR count). The first-order chi connectivity index (χ1) is 8.39. The van der Waals surface area contributed by atoms with Crippen molar-refractivity contribution in [3.8, 4) is 0 Å². The third-order valence-corrected chi connectivity index (χ3v) is 2.76. The zero-order valence-corrected chi connectivity index (χ0v) is 9.71. The van der Waals surface area contributed by atoms with Gasteiger partial charge in [-0.1, -0.05) is 30.3 Å². The number of ketones is 1. The van der Waals surface area contributed by atoms with Crippen molar-refractivity contribution in [2.45, 2.75) is 19.5 Å². The smallest absolute Gasteiger partial charge is 0.300 e. The van der Waals surface area contributed by atoms with Crippen LogP contribution in [0, 0.1) is 0 Å². The van der Waals surface area contributed by atoms with Gasteiger partial charge in [-0.05, 0) is 29.3 Å². The van der Waals surface area contributed by atoms with E-state index in [9.17, 15) is 18.0 Å². The van der Waals surface area contributed by atoms with E-state index in [4.69, 9.17) is 0 Å². The van der Waals surface area contributed by atoms with Crippen molar-refractivity contribution >= 4 is 16.6 Å². The van der Waals surface area contributed by atoms with Gasteiger partial charge in [0.05, 0.1) is 5.56 Å². The second-order valence-corrected chi connectivity index (χ2v) is 4.19. The molecular formula is C14H11F3O. The quantitative estimate of drug-likeness (QED) is 0.789. The van der Waals surface area contributed by atoms with Gasteiger partial charge in [0.2, 0.25) is 0 Å². The van der Waals surface area contributed by atoms with Gasteiger partial charge in [0.15, 0.2) is 0 Å². The van der Waals surface area contributed by atoms with Crippen LogP contribution in [-0.4, -0.2) is 5.78 Å². The van der Waals surface area contributed by atoms with E-state index in [-0.39, 0.29) is 17.6 Å². The molecule has 0 N–H and O–H groups in total. The summed E-state index contributed by atoms with van der Waals surface area (Å²) in [6, 6.07) is 8.71.